The average molecular weight is 196 g/mol. The lowest BCUT2D eigenvalue weighted by atomic mass is 9.87. The van der Waals surface area contributed by atoms with Crippen LogP contribution < -0.4 is 0 Å². The summed E-state index contributed by atoms with van der Waals surface area (Å²) in [4.78, 5) is 7.62. The largest absolute Gasteiger partial charge is 0.345 e. The van der Waals surface area contributed by atoms with Crippen LogP contribution in [-0.4, -0.2) is 9.97 Å². The Morgan fingerprint density at radius 2 is 2.15 bits per heavy atom. The molecule has 13 heavy (non-hydrogen) atoms. The normalized spacial score (nSPS) is 19.2. The van der Waals surface area contributed by atoms with Gasteiger partial charge in [-0.3, -0.25) is 0 Å². The highest BCUT2D eigenvalue weighted by atomic mass is 32.1. The summed E-state index contributed by atoms with van der Waals surface area (Å²) in [5.41, 5.74) is 1.32. The van der Waals surface area contributed by atoms with E-state index < -0.39 is 0 Å². The second-order valence-electron chi connectivity index (χ2n) is 3.78. The maximum Gasteiger partial charge on any atom is 0.115 e. The molecule has 0 amide bonds. The summed E-state index contributed by atoms with van der Waals surface area (Å²) in [6.07, 6.45) is 8.80. The zero-order valence-electron chi connectivity index (χ0n) is 7.79. The van der Waals surface area contributed by atoms with E-state index in [0.717, 1.165) is 11.7 Å². The van der Waals surface area contributed by atoms with E-state index in [4.69, 9.17) is 0 Å². The van der Waals surface area contributed by atoms with Crippen LogP contribution in [0.1, 0.15) is 49.5 Å². The Morgan fingerprint density at radius 1 is 1.38 bits per heavy atom. The molecule has 2 nitrogen and oxygen atoms in total. The maximum atomic E-state index is 4.28. The fourth-order valence-electron chi connectivity index (χ4n) is 2.08. The minimum absolute atomic E-state index is 0.715. The molecule has 1 fully saturated rings. The van der Waals surface area contributed by atoms with Gasteiger partial charge in [0, 0.05) is 23.6 Å². The van der Waals surface area contributed by atoms with Gasteiger partial charge < -0.3 is 4.98 Å². The SMILES string of the molecule is SCc1ncc(C2CCCCC2)[nH]1. The van der Waals surface area contributed by atoms with Crippen LogP contribution in [-0.2, 0) is 5.75 Å². The van der Waals surface area contributed by atoms with E-state index in [2.05, 4.69) is 22.6 Å². The zero-order chi connectivity index (χ0) is 9.10. The van der Waals surface area contributed by atoms with Gasteiger partial charge in [0.15, 0.2) is 0 Å². The van der Waals surface area contributed by atoms with E-state index in [0.29, 0.717) is 5.75 Å². The van der Waals surface area contributed by atoms with E-state index >= 15 is 0 Å². The third kappa shape index (κ3) is 2.08. The summed E-state index contributed by atoms with van der Waals surface area (Å²) in [5.74, 6) is 2.45. The van der Waals surface area contributed by atoms with Crippen molar-refractivity contribution in [2.24, 2.45) is 0 Å². The van der Waals surface area contributed by atoms with E-state index in [1.54, 1.807) is 0 Å². The van der Waals surface area contributed by atoms with E-state index in [1.165, 1.54) is 37.8 Å². The van der Waals surface area contributed by atoms with Crippen molar-refractivity contribution in [1.82, 2.24) is 9.97 Å². The van der Waals surface area contributed by atoms with E-state index in [9.17, 15) is 0 Å². The van der Waals surface area contributed by atoms with Gasteiger partial charge in [-0.05, 0) is 12.8 Å². The first kappa shape index (κ1) is 9.13. The monoisotopic (exact) mass is 196 g/mol. The lowest BCUT2D eigenvalue weighted by Gasteiger charge is -2.19. The Labute approximate surface area is 84.6 Å². The highest BCUT2D eigenvalue weighted by Gasteiger charge is 2.16. The molecule has 72 valence electrons. The van der Waals surface area contributed by atoms with Crippen molar-refractivity contribution in [3.8, 4) is 0 Å². The van der Waals surface area contributed by atoms with Crippen LogP contribution in [0.25, 0.3) is 0 Å². The number of nitrogens with one attached hydrogen (secondary N) is 1. The molecule has 1 N–H and O–H groups in total. The van der Waals surface area contributed by atoms with Gasteiger partial charge in [-0.1, -0.05) is 19.3 Å². The number of hydrogen-bond acceptors (Lipinski definition) is 2. The summed E-state index contributed by atoms with van der Waals surface area (Å²) in [6.45, 7) is 0. The van der Waals surface area contributed by atoms with E-state index in [1.807, 2.05) is 6.20 Å². The van der Waals surface area contributed by atoms with Crippen LogP contribution in [0.2, 0.25) is 0 Å². The summed E-state index contributed by atoms with van der Waals surface area (Å²) in [7, 11) is 0. The molecule has 0 aliphatic heterocycles. The molecular weight excluding hydrogens is 180 g/mol. The lowest BCUT2D eigenvalue weighted by molar-refractivity contribution is 0.437. The zero-order valence-corrected chi connectivity index (χ0v) is 8.69. The second kappa shape index (κ2) is 4.18. The smallest absolute Gasteiger partial charge is 0.115 e. The molecule has 1 aliphatic rings. The highest BCUT2D eigenvalue weighted by molar-refractivity contribution is 7.79. The quantitative estimate of drug-likeness (QED) is 0.700. The topological polar surface area (TPSA) is 28.7 Å². The summed E-state index contributed by atoms with van der Waals surface area (Å²) >= 11 is 4.19. The van der Waals surface area contributed by atoms with Gasteiger partial charge in [0.05, 0.1) is 0 Å². The maximum absolute atomic E-state index is 4.28. The molecule has 0 spiro atoms. The first-order valence-electron chi connectivity index (χ1n) is 5.05. The van der Waals surface area contributed by atoms with Crippen molar-refractivity contribution in [3.05, 3.63) is 17.7 Å². The molecule has 1 heterocycles. The molecule has 0 aromatic carbocycles. The third-order valence-corrected chi connectivity index (χ3v) is 3.14. The van der Waals surface area contributed by atoms with Crippen molar-refractivity contribution < 1.29 is 0 Å². The molecule has 1 aromatic rings. The van der Waals surface area contributed by atoms with Crippen LogP contribution in [0.3, 0.4) is 0 Å². The van der Waals surface area contributed by atoms with Crippen molar-refractivity contribution in [3.63, 3.8) is 0 Å². The van der Waals surface area contributed by atoms with Crippen LogP contribution in [0.4, 0.5) is 0 Å². The fraction of sp³-hybridized carbons (Fsp3) is 0.700. The molecule has 1 aromatic heterocycles. The van der Waals surface area contributed by atoms with E-state index in [-0.39, 0.29) is 0 Å². The molecule has 0 unspecified atom stereocenters. The molecule has 2 rings (SSSR count). The van der Waals surface area contributed by atoms with Gasteiger partial charge in [0.2, 0.25) is 0 Å². The van der Waals surface area contributed by atoms with Crippen LogP contribution in [0, 0.1) is 0 Å². The average Bonchev–Trinajstić information content (AvgIpc) is 2.67. The summed E-state index contributed by atoms with van der Waals surface area (Å²) < 4.78 is 0. The third-order valence-electron chi connectivity index (χ3n) is 2.84. The van der Waals surface area contributed by atoms with Crippen molar-refractivity contribution in [1.29, 1.82) is 0 Å². The van der Waals surface area contributed by atoms with Gasteiger partial charge in [0.25, 0.3) is 0 Å². The van der Waals surface area contributed by atoms with Gasteiger partial charge in [-0.2, -0.15) is 12.6 Å². The molecule has 1 saturated carbocycles. The van der Waals surface area contributed by atoms with Crippen LogP contribution in [0.5, 0.6) is 0 Å². The van der Waals surface area contributed by atoms with Gasteiger partial charge in [-0.15, -0.1) is 0 Å². The van der Waals surface area contributed by atoms with Crippen molar-refractivity contribution in [2.75, 3.05) is 0 Å². The number of H-pyrrole nitrogens is 1. The number of thiol groups is 1. The molecule has 0 atom stereocenters. The lowest BCUT2D eigenvalue weighted by Crippen LogP contribution is -2.04. The number of aromatic nitrogens is 2. The Balaban J connectivity index is 2.05. The molecule has 0 bridgehead atoms. The summed E-state index contributed by atoms with van der Waals surface area (Å²) in [5, 5.41) is 0. The predicted octanol–water partition coefficient (Wildman–Crippen LogP) is 2.89. The minimum atomic E-state index is 0.715. The van der Waals surface area contributed by atoms with Crippen molar-refractivity contribution in [2.45, 2.75) is 43.8 Å². The predicted molar refractivity (Wildman–Crippen MR) is 57.1 cm³/mol. The fourth-order valence-corrected chi connectivity index (χ4v) is 2.24. The summed E-state index contributed by atoms with van der Waals surface area (Å²) in [6, 6.07) is 0. The molecular formula is C10H16N2S. The molecule has 0 radical (unpaired) electrons. The number of nitrogens with zero attached hydrogens (tertiary/aromatic N) is 1. The molecule has 3 heteroatoms. The standard InChI is InChI=1S/C10H16N2S/c13-7-10-11-6-9(12-10)8-4-2-1-3-5-8/h6,8,13H,1-5,7H2,(H,11,12). The van der Waals surface area contributed by atoms with Crippen molar-refractivity contribution >= 4 is 12.6 Å². The van der Waals surface area contributed by atoms with Gasteiger partial charge in [-0.25, -0.2) is 4.98 Å². The first-order chi connectivity index (χ1) is 6.40. The number of hydrogen-bond donors (Lipinski definition) is 2. The first-order valence-corrected chi connectivity index (χ1v) is 5.68. The molecule has 1 aliphatic carbocycles. The van der Waals surface area contributed by atoms with Crippen LogP contribution >= 0.6 is 12.6 Å². The number of rotatable bonds is 2. The van der Waals surface area contributed by atoms with Crippen LogP contribution in [0.15, 0.2) is 6.20 Å². The Hall–Kier alpha value is -0.440. The molecule has 0 saturated heterocycles. The Morgan fingerprint density at radius 3 is 2.77 bits per heavy atom. The second-order valence-corrected chi connectivity index (χ2v) is 4.09. The highest BCUT2D eigenvalue weighted by Crippen LogP contribution is 2.31. The Bertz CT molecular complexity index is 264. The van der Waals surface area contributed by atoms with Gasteiger partial charge in [0.1, 0.15) is 5.82 Å². The van der Waals surface area contributed by atoms with Gasteiger partial charge >= 0.3 is 0 Å². The number of aromatic amines is 1. The Kier molecular flexibility index (Phi) is 2.94. The minimum Gasteiger partial charge on any atom is -0.345 e. The number of imidazole rings is 1.